The molecule has 1 atom stereocenters. The van der Waals surface area contributed by atoms with E-state index in [-0.39, 0.29) is 0 Å². The van der Waals surface area contributed by atoms with E-state index in [1.807, 2.05) is 13.0 Å². The smallest absolute Gasteiger partial charge is 0.326 e. The van der Waals surface area contributed by atoms with Crippen LogP contribution in [-0.4, -0.2) is 22.1 Å². The van der Waals surface area contributed by atoms with Gasteiger partial charge in [-0.05, 0) is 30.7 Å². The third kappa shape index (κ3) is 2.54. The summed E-state index contributed by atoms with van der Waals surface area (Å²) < 4.78 is 0. The molecule has 0 bridgehead atoms. The van der Waals surface area contributed by atoms with Gasteiger partial charge in [0.1, 0.15) is 6.04 Å². The van der Waals surface area contributed by atoms with E-state index in [4.69, 9.17) is 16.7 Å². The first-order chi connectivity index (χ1) is 8.61. The minimum atomic E-state index is -0.864. The van der Waals surface area contributed by atoms with Crippen LogP contribution in [0, 0.1) is 0 Å². The molecular formula is C13H13ClN2O2. The van der Waals surface area contributed by atoms with Crippen LogP contribution < -0.4 is 5.32 Å². The molecule has 1 heterocycles. The van der Waals surface area contributed by atoms with Crippen molar-refractivity contribution in [2.24, 2.45) is 0 Å². The van der Waals surface area contributed by atoms with Gasteiger partial charge in [-0.1, -0.05) is 18.5 Å². The van der Waals surface area contributed by atoms with Gasteiger partial charge in [0.05, 0.1) is 5.52 Å². The summed E-state index contributed by atoms with van der Waals surface area (Å²) in [6.07, 6.45) is 2.14. The number of pyridine rings is 1. The number of halogens is 1. The maximum absolute atomic E-state index is 11.0. The first kappa shape index (κ1) is 12.6. The van der Waals surface area contributed by atoms with E-state index < -0.39 is 12.0 Å². The van der Waals surface area contributed by atoms with Gasteiger partial charge in [0.2, 0.25) is 0 Å². The Bertz CT molecular complexity index is 586. The molecule has 2 rings (SSSR count). The number of hydrogen-bond acceptors (Lipinski definition) is 3. The normalized spacial score (nSPS) is 12.3. The van der Waals surface area contributed by atoms with Gasteiger partial charge in [-0.2, -0.15) is 0 Å². The summed E-state index contributed by atoms with van der Waals surface area (Å²) >= 11 is 5.90. The maximum Gasteiger partial charge on any atom is 0.326 e. The van der Waals surface area contributed by atoms with E-state index in [0.29, 0.717) is 11.4 Å². The summed E-state index contributed by atoms with van der Waals surface area (Å²) in [6, 6.07) is 6.51. The summed E-state index contributed by atoms with van der Waals surface area (Å²) in [5.74, 6) is -0.864. The average molecular weight is 265 g/mol. The molecule has 2 N–H and O–H groups in total. The van der Waals surface area contributed by atoms with E-state index >= 15 is 0 Å². The zero-order valence-electron chi connectivity index (χ0n) is 9.85. The highest BCUT2D eigenvalue weighted by Gasteiger charge is 2.15. The van der Waals surface area contributed by atoms with Crippen LogP contribution >= 0.6 is 11.6 Å². The van der Waals surface area contributed by atoms with Gasteiger partial charge in [0, 0.05) is 22.3 Å². The van der Waals surface area contributed by atoms with Gasteiger partial charge in [-0.3, -0.25) is 4.98 Å². The zero-order chi connectivity index (χ0) is 13.1. The monoisotopic (exact) mass is 264 g/mol. The molecule has 0 saturated carbocycles. The largest absolute Gasteiger partial charge is 0.480 e. The molecule has 2 aromatic rings. The number of carboxylic acids is 1. The molecule has 94 valence electrons. The lowest BCUT2D eigenvalue weighted by molar-refractivity contribution is -0.137. The molecule has 1 unspecified atom stereocenters. The topological polar surface area (TPSA) is 62.2 Å². The number of nitrogens with zero attached hydrogens (tertiary/aromatic N) is 1. The van der Waals surface area contributed by atoms with Crippen LogP contribution in [-0.2, 0) is 4.79 Å². The highest BCUT2D eigenvalue weighted by molar-refractivity contribution is 6.31. The van der Waals surface area contributed by atoms with Crippen LogP contribution in [0.1, 0.15) is 13.3 Å². The van der Waals surface area contributed by atoms with E-state index in [1.54, 1.807) is 24.4 Å². The van der Waals surface area contributed by atoms with E-state index in [2.05, 4.69) is 10.3 Å². The first-order valence-electron chi connectivity index (χ1n) is 5.65. The minimum Gasteiger partial charge on any atom is -0.480 e. The van der Waals surface area contributed by atoms with Crippen molar-refractivity contribution in [3.8, 4) is 0 Å². The van der Waals surface area contributed by atoms with Gasteiger partial charge >= 0.3 is 5.97 Å². The number of anilines is 1. The van der Waals surface area contributed by atoms with Crippen molar-refractivity contribution in [2.75, 3.05) is 5.32 Å². The second kappa shape index (κ2) is 5.23. The predicted octanol–water partition coefficient (Wildman–Crippen LogP) is 3.16. The number of carboxylic acid groups (broad SMARTS) is 1. The molecule has 1 aromatic carbocycles. The summed E-state index contributed by atoms with van der Waals surface area (Å²) in [5, 5.41) is 13.5. The molecule has 0 radical (unpaired) electrons. The first-order valence-corrected chi connectivity index (χ1v) is 6.03. The Kier molecular flexibility index (Phi) is 3.67. The fraction of sp³-hybridized carbons (Fsp3) is 0.231. The number of benzene rings is 1. The lowest BCUT2D eigenvalue weighted by atomic mass is 10.1. The van der Waals surface area contributed by atoms with Crippen molar-refractivity contribution in [2.45, 2.75) is 19.4 Å². The fourth-order valence-corrected chi connectivity index (χ4v) is 1.94. The van der Waals surface area contributed by atoms with Gasteiger partial charge in [0.25, 0.3) is 0 Å². The van der Waals surface area contributed by atoms with Crippen LogP contribution in [0.2, 0.25) is 5.02 Å². The number of carbonyl (C=O) groups is 1. The molecule has 5 heteroatoms. The molecule has 0 spiro atoms. The van der Waals surface area contributed by atoms with Crippen molar-refractivity contribution in [3.63, 3.8) is 0 Å². The molecule has 0 saturated heterocycles. The van der Waals surface area contributed by atoms with Crippen LogP contribution in [0.4, 0.5) is 5.69 Å². The third-order valence-electron chi connectivity index (χ3n) is 2.74. The average Bonchev–Trinajstić information content (AvgIpc) is 2.35. The molecular weight excluding hydrogens is 252 g/mol. The molecule has 0 aliphatic heterocycles. The lowest BCUT2D eigenvalue weighted by Gasteiger charge is -2.15. The number of fused-ring (bicyclic) bond motifs is 1. The van der Waals surface area contributed by atoms with E-state index in [0.717, 1.165) is 16.6 Å². The van der Waals surface area contributed by atoms with Crippen LogP contribution in [0.15, 0.2) is 30.5 Å². The number of rotatable bonds is 4. The summed E-state index contributed by atoms with van der Waals surface area (Å²) in [7, 11) is 0. The van der Waals surface area contributed by atoms with E-state index in [1.165, 1.54) is 0 Å². The van der Waals surface area contributed by atoms with Crippen molar-refractivity contribution >= 4 is 34.2 Å². The summed E-state index contributed by atoms with van der Waals surface area (Å²) in [5.41, 5.74) is 1.50. The Hall–Kier alpha value is -1.81. The van der Waals surface area contributed by atoms with Gasteiger partial charge in [-0.25, -0.2) is 4.79 Å². The Morgan fingerprint density at radius 3 is 2.94 bits per heavy atom. The molecule has 0 amide bonds. The molecule has 4 nitrogen and oxygen atoms in total. The number of hydrogen-bond donors (Lipinski definition) is 2. The highest BCUT2D eigenvalue weighted by atomic mass is 35.5. The second-order valence-corrected chi connectivity index (χ2v) is 4.40. The Morgan fingerprint density at radius 1 is 1.50 bits per heavy atom. The van der Waals surface area contributed by atoms with Crippen molar-refractivity contribution in [1.82, 2.24) is 4.98 Å². The standard InChI is InChI=1S/C13H13ClN2O2/c1-2-10(13(17)18)16-11-5-6-15-12-7-8(14)3-4-9(11)12/h3-7,10H,2H2,1H3,(H,15,16)(H,17,18). The second-order valence-electron chi connectivity index (χ2n) is 3.96. The molecule has 1 aromatic heterocycles. The van der Waals surface area contributed by atoms with Gasteiger partial charge < -0.3 is 10.4 Å². The molecule has 0 fully saturated rings. The highest BCUT2D eigenvalue weighted by Crippen LogP contribution is 2.25. The minimum absolute atomic E-state index is 0.507. The van der Waals surface area contributed by atoms with Crippen molar-refractivity contribution < 1.29 is 9.90 Å². The Labute approximate surface area is 110 Å². The molecule has 0 aliphatic rings. The Morgan fingerprint density at radius 2 is 2.28 bits per heavy atom. The van der Waals surface area contributed by atoms with Crippen molar-refractivity contribution in [1.29, 1.82) is 0 Å². The van der Waals surface area contributed by atoms with Crippen LogP contribution in [0.5, 0.6) is 0 Å². The fourth-order valence-electron chi connectivity index (χ4n) is 1.77. The number of aliphatic carboxylic acids is 1. The third-order valence-corrected chi connectivity index (χ3v) is 2.98. The number of nitrogens with one attached hydrogen (secondary N) is 1. The van der Waals surface area contributed by atoms with Gasteiger partial charge in [0.15, 0.2) is 0 Å². The summed E-state index contributed by atoms with van der Waals surface area (Å²) in [4.78, 5) is 15.2. The van der Waals surface area contributed by atoms with Crippen LogP contribution in [0.3, 0.4) is 0 Å². The molecule has 0 aliphatic carbocycles. The lowest BCUT2D eigenvalue weighted by Crippen LogP contribution is -2.28. The van der Waals surface area contributed by atoms with Crippen molar-refractivity contribution in [3.05, 3.63) is 35.5 Å². The maximum atomic E-state index is 11.0. The molecule has 18 heavy (non-hydrogen) atoms. The SMILES string of the molecule is CCC(Nc1ccnc2cc(Cl)ccc12)C(=O)O. The quantitative estimate of drug-likeness (QED) is 0.890. The van der Waals surface area contributed by atoms with Gasteiger partial charge in [-0.15, -0.1) is 0 Å². The summed E-state index contributed by atoms with van der Waals surface area (Å²) in [6.45, 7) is 1.83. The Balaban J connectivity index is 2.42. The number of aromatic nitrogens is 1. The van der Waals surface area contributed by atoms with E-state index in [9.17, 15) is 4.79 Å². The predicted molar refractivity (Wildman–Crippen MR) is 72.1 cm³/mol. The van der Waals surface area contributed by atoms with Crippen LogP contribution in [0.25, 0.3) is 10.9 Å². The zero-order valence-corrected chi connectivity index (χ0v) is 10.6.